The molecule has 0 bridgehead atoms. The Balaban J connectivity index is 3.58. The molecule has 0 amide bonds. The van der Waals surface area contributed by atoms with Gasteiger partial charge in [0.1, 0.15) is 0 Å². The summed E-state index contributed by atoms with van der Waals surface area (Å²) in [6, 6.07) is 3.56. The number of hydrogen-bond acceptors (Lipinski definition) is 1. The van der Waals surface area contributed by atoms with Crippen LogP contribution in [0.25, 0.3) is 0 Å². The molecule has 3 heteroatoms. The van der Waals surface area contributed by atoms with Crippen LogP contribution < -0.4 is 5.73 Å². The first kappa shape index (κ1) is 10.5. The van der Waals surface area contributed by atoms with E-state index in [2.05, 4.69) is 13.8 Å². The van der Waals surface area contributed by atoms with Crippen LogP contribution in [0.1, 0.15) is 20.3 Å². The van der Waals surface area contributed by atoms with Gasteiger partial charge in [-0.05, 0) is 31.1 Å². The van der Waals surface area contributed by atoms with Crippen LogP contribution in [0.5, 0.6) is 0 Å². The van der Waals surface area contributed by atoms with E-state index in [1.54, 1.807) is 0 Å². The molecule has 62 valence electrons. The van der Waals surface area contributed by atoms with Crippen molar-refractivity contribution in [2.75, 3.05) is 6.54 Å². The van der Waals surface area contributed by atoms with Gasteiger partial charge in [-0.25, -0.2) is 0 Å². The van der Waals surface area contributed by atoms with E-state index in [9.17, 15) is 0 Å². The molecule has 10 heavy (non-hydrogen) atoms. The van der Waals surface area contributed by atoms with Gasteiger partial charge in [0.15, 0.2) is 7.38 Å². The molecule has 0 atom stereocenters. The number of nitrogens with two attached hydrogens (primary N) is 1. The molecule has 0 aromatic carbocycles. The Morgan fingerprint density at radius 1 is 1.30 bits per heavy atom. The summed E-state index contributed by atoms with van der Waals surface area (Å²) in [5.74, 6) is 0. The van der Waals surface area contributed by atoms with E-state index >= 15 is 0 Å². The van der Waals surface area contributed by atoms with E-state index in [4.69, 9.17) is 16.8 Å². The summed E-state index contributed by atoms with van der Waals surface area (Å²) in [7, 11) is -1.33. The fourth-order valence-electron chi connectivity index (χ4n) is 1.02. The highest BCUT2D eigenvalue weighted by Crippen LogP contribution is 2.25. The van der Waals surface area contributed by atoms with Crippen molar-refractivity contribution in [1.29, 1.82) is 0 Å². The summed E-state index contributed by atoms with van der Waals surface area (Å²) in [4.78, 5) is 0. The second kappa shape index (κ2) is 5.16. The highest BCUT2D eigenvalue weighted by Gasteiger charge is 2.24. The number of rotatable bonds is 5. The van der Waals surface area contributed by atoms with E-state index in [1.807, 2.05) is 0 Å². The van der Waals surface area contributed by atoms with Crippen LogP contribution >= 0.6 is 11.1 Å². The molecule has 0 rings (SSSR count). The molecular formula is C7H18ClNSi. The van der Waals surface area contributed by atoms with Crippen molar-refractivity contribution in [2.24, 2.45) is 5.73 Å². The predicted molar refractivity (Wildman–Crippen MR) is 51.0 cm³/mol. The van der Waals surface area contributed by atoms with Gasteiger partial charge in [0.05, 0.1) is 0 Å². The van der Waals surface area contributed by atoms with Crippen LogP contribution in [-0.4, -0.2) is 13.9 Å². The number of halogens is 1. The minimum absolute atomic E-state index is 0.793. The lowest BCUT2D eigenvalue weighted by molar-refractivity contribution is 0.908. The van der Waals surface area contributed by atoms with Crippen molar-refractivity contribution < 1.29 is 0 Å². The molecule has 0 aromatic rings. The summed E-state index contributed by atoms with van der Waals surface area (Å²) in [5, 5.41) is 0. The minimum atomic E-state index is -1.33. The van der Waals surface area contributed by atoms with Crippen molar-refractivity contribution in [1.82, 2.24) is 0 Å². The Morgan fingerprint density at radius 2 is 1.80 bits per heavy atom. The monoisotopic (exact) mass is 179 g/mol. The Hall–Kier alpha value is 0.467. The third-order valence-corrected chi connectivity index (χ3v) is 8.05. The number of hydrogen-bond donors (Lipinski definition) is 1. The topological polar surface area (TPSA) is 26.0 Å². The Bertz CT molecular complexity index is 83.7. The average molecular weight is 180 g/mol. The molecule has 0 fully saturated rings. The lowest BCUT2D eigenvalue weighted by Gasteiger charge is -2.19. The average Bonchev–Trinajstić information content (AvgIpc) is 2.00. The van der Waals surface area contributed by atoms with E-state index in [0.717, 1.165) is 13.0 Å². The zero-order valence-corrected chi connectivity index (χ0v) is 8.75. The molecule has 0 aliphatic carbocycles. The van der Waals surface area contributed by atoms with Crippen LogP contribution in [0.4, 0.5) is 0 Å². The Morgan fingerprint density at radius 3 is 2.10 bits per heavy atom. The summed E-state index contributed by atoms with van der Waals surface area (Å²) < 4.78 is 0. The van der Waals surface area contributed by atoms with Crippen LogP contribution in [0.3, 0.4) is 0 Å². The quantitative estimate of drug-likeness (QED) is 0.510. The predicted octanol–water partition coefficient (Wildman–Crippen LogP) is 2.56. The normalized spacial score (nSPS) is 12.0. The second-order valence-electron chi connectivity index (χ2n) is 2.75. The Kier molecular flexibility index (Phi) is 5.40. The first-order valence-corrected chi connectivity index (χ1v) is 7.71. The molecule has 0 aromatic heterocycles. The molecular weight excluding hydrogens is 162 g/mol. The van der Waals surface area contributed by atoms with Crippen LogP contribution in [-0.2, 0) is 0 Å². The van der Waals surface area contributed by atoms with Crippen LogP contribution in [0, 0.1) is 0 Å². The summed E-state index contributed by atoms with van der Waals surface area (Å²) in [6.07, 6.45) is 1.11. The van der Waals surface area contributed by atoms with Gasteiger partial charge in [0.2, 0.25) is 0 Å². The lowest BCUT2D eigenvalue weighted by atomic mass is 10.5. The van der Waals surface area contributed by atoms with E-state index in [1.165, 1.54) is 18.1 Å². The Labute approximate surface area is 69.7 Å². The fourth-order valence-corrected chi connectivity index (χ4v) is 3.47. The summed E-state index contributed by atoms with van der Waals surface area (Å²) in [6.45, 7) is 5.18. The van der Waals surface area contributed by atoms with Crippen molar-refractivity contribution in [3.05, 3.63) is 0 Å². The summed E-state index contributed by atoms with van der Waals surface area (Å²) in [5.41, 5.74) is 5.41. The minimum Gasteiger partial charge on any atom is -0.330 e. The highest BCUT2D eigenvalue weighted by atomic mass is 35.6. The van der Waals surface area contributed by atoms with Gasteiger partial charge < -0.3 is 5.73 Å². The van der Waals surface area contributed by atoms with Gasteiger partial charge >= 0.3 is 0 Å². The molecule has 0 saturated heterocycles. The second-order valence-corrected chi connectivity index (χ2v) is 9.37. The lowest BCUT2D eigenvalue weighted by Crippen LogP contribution is -2.25. The smallest absolute Gasteiger partial charge is 0.156 e. The van der Waals surface area contributed by atoms with Crippen LogP contribution in [0.2, 0.25) is 18.1 Å². The third-order valence-electron chi connectivity index (χ3n) is 2.10. The molecule has 0 aliphatic heterocycles. The van der Waals surface area contributed by atoms with Crippen molar-refractivity contribution in [3.63, 3.8) is 0 Å². The first-order chi connectivity index (χ1) is 4.68. The van der Waals surface area contributed by atoms with Crippen molar-refractivity contribution >= 4 is 18.5 Å². The van der Waals surface area contributed by atoms with Gasteiger partial charge in [-0.1, -0.05) is 13.8 Å². The van der Waals surface area contributed by atoms with E-state index in [-0.39, 0.29) is 0 Å². The van der Waals surface area contributed by atoms with Crippen molar-refractivity contribution in [3.8, 4) is 0 Å². The third kappa shape index (κ3) is 3.59. The van der Waals surface area contributed by atoms with Gasteiger partial charge in [-0.3, -0.25) is 0 Å². The van der Waals surface area contributed by atoms with Gasteiger partial charge in [0, 0.05) is 0 Å². The maximum atomic E-state index is 6.37. The largest absolute Gasteiger partial charge is 0.330 e. The molecule has 2 N–H and O–H groups in total. The first-order valence-electron chi connectivity index (χ1n) is 4.07. The maximum absolute atomic E-state index is 6.37. The molecule has 0 unspecified atom stereocenters. The molecule has 0 radical (unpaired) electrons. The fraction of sp³-hybridized carbons (Fsp3) is 1.00. The molecule has 0 aliphatic rings. The maximum Gasteiger partial charge on any atom is 0.156 e. The van der Waals surface area contributed by atoms with Gasteiger partial charge in [-0.15, -0.1) is 0 Å². The van der Waals surface area contributed by atoms with Crippen LogP contribution in [0.15, 0.2) is 0 Å². The van der Waals surface area contributed by atoms with E-state index < -0.39 is 7.38 Å². The molecule has 0 heterocycles. The van der Waals surface area contributed by atoms with Gasteiger partial charge in [-0.2, -0.15) is 11.1 Å². The molecule has 1 nitrogen and oxygen atoms in total. The SMILES string of the molecule is CC[Si](Cl)(CC)CCCN. The zero-order valence-electron chi connectivity index (χ0n) is 6.99. The summed E-state index contributed by atoms with van der Waals surface area (Å²) >= 11 is 6.37. The standard InChI is InChI=1S/C7H18ClNSi/c1-3-10(8,4-2)7-5-6-9/h3-7,9H2,1-2H3. The van der Waals surface area contributed by atoms with E-state index in [0.29, 0.717) is 0 Å². The molecule has 0 spiro atoms. The zero-order chi connectivity index (χ0) is 8.04. The van der Waals surface area contributed by atoms with Gasteiger partial charge in [0.25, 0.3) is 0 Å². The highest BCUT2D eigenvalue weighted by molar-refractivity contribution is 7.20. The van der Waals surface area contributed by atoms with Crippen molar-refractivity contribution in [2.45, 2.75) is 38.4 Å². The molecule has 0 saturated carbocycles.